The van der Waals surface area contributed by atoms with E-state index >= 15 is 0 Å². The summed E-state index contributed by atoms with van der Waals surface area (Å²) in [7, 11) is 0. The van der Waals surface area contributed by atoms with Crippen LogP contribution in [0.4, 0.5) is 0 Å². The molecule has 3 rings (SSSR count). The fraction of sp³-hybridized carbons (Fsp3) is 0.286. The molecule has 1 aromatic carbocycles. The van der Waals surface area contributed by atoms with Crippen molar-refractivity contribution in [3.63, 3.8) is 0 Å². The Morgan fingerprint density at radius 1 is 1.19 bits per heavy atom. The number of aliphatic carboxylic acids is 2. The number of carbonyl (C=O) groups is 2. The third-order valence-electron chi connectivity index (χ3n) is 4.23. The van der Waals surface area contributed by atoms with Gasteiger partial charge in [0.1, 0.15) is 11.9 Å². The van der Waals surface area contributed by atoms with E-state index in [4.69, 9.17) is 14.9 Å². The van der Waals surface area contributed by atoms with Crippen molar-refractivity contribution in [1.29, 1.82) is 0 Å². The van der Waals surface area contributed by atoms with Gasteiger partial charge in [-0.25, -0.2) is 9.59 Å². The van der Waals surface area contributed by atoms with E-state index in [-0.39, 0.29) is 6.10 Å². The molecule has 2 atom stereocenters. The van der Waals surface area contributed by atoms with Crippen molar-refractivity contribution < 1.29 is 24.5 Å². The number of hydrogen-bond acceptors (Lipinski definition) is 4. The molecule has 1 saturated carbocycles. The lowest BCUT2D eigenvalue weighted by atomic mass is 9.84. The molecule has 0 bridgehead atoms. The zero-order valence-corrected chi connectivity index (χ0v) is 15.1. The number of ether oxygens (including phenoxy) is 1. The minimum Gasteiger partial charge on any atom is -0.485 e. The van der Waals surface area contributed by atoms with Gasteiger partial charge in [-0.2, -0.15) is 0 Å². The van der Waals surface area contributed by atoms with Crippen molar-refractivity contribution in [2.45, 2.75) is 32.3 Å². The Bertz CT molecular complexity index is 776. The van der Waals surface area contributed by atoms with Crippen LogP contribution in [0.5, 0.6) is 5.75 Å². The van der Waals surface area contributed by atoms with E-state index < -0.39 is 11.9 Å². The first-order chi connectivity index (χ1) is 13.0. The monoisotopic (exact) mass is 369 g/mol. The second kappa shape index (κ2) is 10.1. The minimum atomic E-state index is -1.26. The van der Waals surface area contributed by atoms with Crippen molar-refractivity contribution in [3.05, 3.63) is 59.8 Å². The molecule has 2 aliphatic rings. The number of rotatable bonds is 2. The minimum absolute atomic E-state index is 0.197. The van der Waals surface area contributed by atoms with Gasteiger partial charge in [0.15, 0.2) is 0 Å². The molecule has 1 aliphatic carbocycles. The maximum Gasteiger partial charge on any atom is 0.328 e. The van der Waals surface area contributed by atoms with E-state index in [1.165, 1.54) is 12.0 Å². The van der Waals surface area contributed by atoms with Crippen LogP contribution in [0.3, 0.4) is 0 Å². The summed E-state index contributed by atoms with van der Waals surface area (Å²) in [5.41, 5.74) is 2.46. The van der Waals surface area contributed by atoms with Gasteiger partial charge in [-0.15, -0.1) is 0 Å². The number of fused-ring (bicyclic) bond motifs is 2. The number of aliphatic imine (C=N–C) groups is 1. The molecule has 1 heterocycles. The van der Waals surface area contributed by atoms with Crippen molar-refractivity contribution >= 4 is 24.2 Å². The molecule has 6 nitrogen and oxygen atoms in total. The van der Waals surface area contributed by atoms with Crippen LogP contribution in [0.2, 0.25) is 0 Å². The first kappa shape index (κ1) is 20.2. The number of allylic oxidation sites excluding steroid dienone is 1. The Morgan fingerprint density at radius 2 is 1.89 bits per heavy atom. The number of nitrogens with zero attached hydrogens (tertiary/aromatic N) is 1. The van der Waals surface area contributed by atoms with Crippen molar-refractivity contribution in [2.75, 3.05) is 0 Å². The maximum absolute atomic E-state index is 9.55. The standard InChI is InChI=1S/C17H19NO.C4H4O4/c1-13-6-7-15-9-11-18-10-8-14-4-2-3-5-16(14)19-17(15)12-13;5-3(6)1-2-4(7)8/h2-5,8-11,13,17H,6-7,12H2,1H3;1-2H,(H,5,6)(H,7,8)/b;2-1-. The largest absolute Gasteiger partial charge is 0.485 e. The van der Waals surface area contributed by atoms with Crippen LogP contribution in [-0.2, 0) is 9.59 Å². The summed E-state index contributed by atoms with van der Waals surface area (Å²) < 4.78 is 6.27. The van der Waals surface area contributed by atoms with Crippen LogP contribution in [-0.4, -0.2) is 34.5 Å². The molecule has 2 unspecified atom stereocenters. The summed E-state index contributed by atoms with van der Waals surface area (Å²) in [4.78, 5) is 23.4. The predicted octanol–water partition coefficient (Wildman–Crippen LogP) is 3.95. The molecule has 0 spiro atoms. The molecule has 1 aromatic rings. The highest BCUT2D eigenvalue weighted by Crippen LogP contribution is 2.33. The van der Waals surface area contributed by atoms with E-state index in [0.29, 0.717) is 12.2 Å². The summed E-state index contributed by atoms with van der Waals surface area (Å²) in [6, 6.07) is 8.17. The topological polar surface area (TPSA) is 96.2 Å². The molecular weight excluding hydrogens is 346 g/mol. The van der Waals surface area contributed by atoms with E-state index in [0.717, 1.165) is 30.1 Å². The van der Waals surface area contributed by atoms with Gasteiger partial charge in [0.25, 0.3) is 0 Å². The molecular formula is C21H23NO5. The lowest BCUT2D eigenvalue weighted by Gasteiger charge is -2.30. The van der Waals surface area contributed by atoms with E-state index in [1.807, 2.05) is 36.7 Å². The van der Waals surface area contributed by atoms with Crippen LogP contribution < -0.4 is 4.74 Å². The quantitative estimate of drug-likeness (QED) is 0.770. The van der Waals surface area contributed by atoms with Gasteiger partial charge in [0.2, 0.25) is 0 Å². The maximum atomic E-state index is 9.55. The smallest absolute Gasteiger partial charge is 0.328 e. The van der Waals surface area contributed by atoms with Gasteiger partial charge in [-0.05, 0) is 49.0 Å². The average Bonchev–Trinajstić information content (AvgIpc) is 2.63. The van der Waals surface area contributed by atoms with E-state index in [1.54, 1.807) is 0 Å². The van der Waals surface area contributed by atoms with Crippen molar-refractivity contribution in [2.24, 2.45) is 10.9 Å². The zero-order valence-electron chi connectivity index (χ0n) is 15.1. The highest BCUT2D eigenvalue weighted by molar-refractivity contribution is 5.89. The van der Waals surface area contributed by atoms with Gasteiger partial charge in [0.05, 0.1) is 0 Å². The molecule has 6 heteroatoms. The number of carboxylic acids is 2. The molecule has 0 saturated heterocycles. The third-order valence-corrected chi connectivity index (χ3v) is 4.23. The van der Waals surface area contributed by atoms with Gasteiger partial charge in [0, 0.05) is 30.1 Å². The predicted molar refractivity (Wildman–Crippen MR) is 104 cm³/mol. The molecule has 0 aromatic heterocycles. The van der Waals surface area contributed by atoms with Crippen LogP contribution in [0, 0.1) is 5.92 Å². The number of para-hydroxylation sites is 1. The second-order valence-electron chi connectivity index (χ2n) is 6.39. The van der Waals surface area contributed by atoms with Crippen LogP contribution in [0.25, 0.3) is 6.08 Å². The Morgan fingerprint density at radius 3 is 2.59 bits per heavy atom. The SMILES string of the molecule is CC1CCC2=CC=NC=Cc3ccccc3OC2C1.O=C(O)/C=C\C(=O)O. The lowest BCUT2D eigenvalue weighted by molar-refractivity contribution is -0.134. The van der Waals surface area contributed by atoms with Gasteiger partial charge < -0.3 is 14.9 Å². The Balaban J connectivity index is 0.000000279. The summed E-state index contributed by atoms with van der Waals surface area (Å²) in [5, 5.41) is 15.6. The average molecular weight is 369 g/mol. The summed E-state index contributed by atoms with van der Waals surface area (Å²) >= 11 is 0. The number of carboxylic acid groups (broad SMARTS) is 2. The normalized spacial score (nSPS) is 21.0. The molecule has 0 radical (unpaired) electrons. The fourth-order valence-electron chi connectivity index (χ4n) is 2.86. The van der Waals surface area contributed by atoms with E-state index in [9.17, 15) is 9.59 Å². The fourth-order valence-corrected chi connectivity index (χ4v) is 2.86. The first-order valence-electron chi connectivity index (χ1n) is 8.74. The third kappa shape index (κ3) is 6.93. The zero-order chi connectivity index (χ0) is 19.6. The highest BCUT2D eigenvalue weighted by atomic mass is 16.5. The Labute approximate surface area is 158 Å². The molecule has 1 aliphatic heterocycles. The van der Waals surface area contributed by atoms with Crippen LogP contribution in [0.15, 0.2) is 59.3 Å². The highest BCUT2D eigenvalue weighted by Gasteiger charge is 2.25. The Hall–Kier alpha value is -3.15. The van der Waals surface area contributed by atoms with Gasteiger partial charge in [-0.1, -0.05) is 25.1 Å². The van der Waals surface area contributed by atoms with E-state index in [2.05, 4.69) is 24.1 Å². The van der Waals surface area contributed by atoms with Crippen LogP contribution in [0.1, 0.15) is 31.7 Å². The molecule has 1 fully saturated rings. The second-order valence-corrected chi connectivity index (χ2v) is 6.39. The molecule has 142 valence electrons. The Kier molecular flexibility index (Phi) is 7.55. The van der Waals surface area contributed by atoms with Gasteiger partial charge in [-0.3, -0.25) is 4.99 Å². The van der Waals surface area contributed by atoms with Crippen LogP contribution >= 0.6 is 0 Å². The van der Waals surface area contributed by atoms with Crippen molar-refractivity contribution in [3.8, 4) is 5.75 Å². The molecule has 0 amide bonds. The number of hydrogen-bond donors (Lipinski definition) is 2. The lowest BCUT2D eigenvalue weighted by Crippen LogP contribution is -2.27. The summed E-state index contributed by atoms with van der Waals surface area (Å²) in [6.45, 7) is 2.30. The summed E-state index contributed by atoms with van der Waals surface area (Å²) in [6.07, 6.45) is 12.6. The first-order valence-corrected chi connectivity index (χ1v) is 8.74. The molecule has 27 heavy (non-hydrogen) atoms. The van der Waals surface area contributed by atoms with Gasteiger partial charge >= 0.3 is 11.9 Å². The number of benzene rings is 1. The molecule has 2 N–H and O–H groups in total. The summed E-state index contributed by atoms with van der Waals surface area (Å²) in [5.74, 6) is -0.828. The van der Waals surface area contributed by atoms with Crippen molar-refractivity contribution in [1.82, 2.24) is 0 Å².